The van der Waals surface area contributed by atoms with E-state index in [1.54, 1.807) is 30.1 Å². The van der Waals surface area contributed by atoms with Crippen molar-refractivity contribution in [2.45, 2.75) is 5.03 Å². The van der Waals surface area contributed by atoms with Crippen LogP contribution in [0, 0.1) is 0 Å². The van der Waals surface area contributed by atoms with Gasteiger partial charge < -0.3 is 5.11 Å². The highest BCUT2D eigenvalue weighted by molar-refractivity contribution is 8.02. The van der Waals surface area contributed by atoms with Gasteiger partial charge in [-0.3, -0.25) is 0 Å². The van der Waals surface area contributed by atoms with Gasteiger partial charge in [-0.2, -0.15) is 11.8 Å². The van der Waals surface area contributed by atoms with Crippen LogP contribution < -0.4 is 0 Å². The van der Waals surface area contributed by atoms with Crippen LogP contribution in [0.1, 0.15) is 10.4 Å². The van der Waals surface area contributed by atoms with Crippen molar-refractivity contribution in [2.75, 3.05) is 17.8 Å². The number of carboxylic acid groups (broad SMARTS) is 1. The van der Waals surface area contributed by atoms with Crippen LogP contribution in [0.3, 0.4) is 0 Å². The minimum atomic E-state index is -0.912. The van der Waals surface area contributed by atoms with Crippen molar-refractivity contribution in [3.05, 3.63) is 23.9 Å². The summed E-state index contributed by atoms with van der Waals surface area (Å²) in [6, 6.07) is 3.22. The maximum Gasteiger partial charge on any atom is 0.338 e. The van der Waals surface area contributed by atoms with Gasteiger partial charge in [0.25, 0.3) is 0 Å². The molecule has 0 atom stereocenters. The lowest BCUT2D eigenvalue weighted by Gasteiger charge is -2.02. The highest BCUT2D eigenvalue weighted by Gasteiger charge is 2.09. The van der Waals surface area contributed by atoms with Crippen molar-refractivity contribution in [3.8, 4) is 0 Å². The maximum absolute atomic E-state index is 10.8. The first-order valence-electron chi connectivity index (χ1n) is 4.05. The second kappa shape index (κ2) is 5.93. The standard InChI is InChI=1S/C9H11NO2S2/c1-13-5-6-14-8-7(9(11)12)3-2-4-10-8/h2-4H,5-6H2,1H3,(H,11,12). The number of nitrogens with zero attached hydrogens (tertiary/aromatic N) is 1. The SMILES string of the molecule is CSCCSc1ncccc1C(=O)O. The predicted octanol–water partition coefficient (Wildman–Crippen LogP) is 2.23. The molecule has 0 aliphatic rings. The van der Waals surface area contributed by atoms with Crippen LogP contribution in [-0.2, 0) is 0 Å². The second-order valence-corrected chi connectivity index (χ2v) is 4.57. The van der Waals surface area contributed by atoms with Gasteiger partial charge in [-0.1, -0.05) is 0 Å². The Kier molecular flexibility index (Phi) is 4.82. The molecule has 1 N–H and O–H groups in total. The van der Waals surface area contributed by atoms with Crippen molar-refractivity contribution in [1.29, 1.82) is 0 Å². The van der Waals surface area contributed by atoms with Gasteiger partial charge >= 0.3 is 5.97 Å². The molecule has 0 aromatic carbocycles. The molecule has 14 heavy (non-hydrogen) atoms. The van der Waals surface area contributed by atoms with Gasteiger partial charge in [0, 0.05) is 17.7 Å². The number of pyridine rings is 1. The van der Waals surface area contributed by atoms with Crippen LogP contribution in [0.15, 0.2) is 23.4 Å². The van der Waals surface area contributed by atoms with Crippen LogP contribution in [-0.4, -0.2) is 33.8 Å². The minimum Gasteiger partial charge on any atom is -0.478 e. The Bertz CT molecular complexity index is 317. The molecule has 0 saturated carbocycles. The summed E-state index contributed by atoms with van der Waals surface area (Å²) in [6.45, 7) is 0. The van der Waals surface area contributed by atoms with Crippen LogP contribution in [0.25, 0.3) is 0 Å². The van der Waals surface area contributed by atoms with Crippen molar-refractivity contribution in [1.82, 2.24) is 4.98 Å². The summed E-state index contributed by atoms with van der Waals surface area (Å²) in [5.41, 5.74) is 0.290. The molecule has 3 nitrogen and oxygen atoms in total. The van der Waals surface area contributed by atoms with Gasteiger partial charge in [-0.05, 0) is 18.4 Å². The quantitative estimate of drug-likeness (QED) is 0.620. The largest absolute Gasteiger partial charge is 0.478 e. The van der Waals surface area contributed by atoms with Crippen LogP contribution in [0.2, 0.25) is 0 Å². The summed E-state index contributed by atoms with van der Waals surface area (Å²) >= 11 is 3.23. The summed E-state index contributed by atoms with van der Waals surface area (Å²) < 4.78 is 0. The lowest BCUT2D eigenvalue weighted by Crippen LogP contribution is -2.00. The Morgan fingerprint density at radius 2 is 2.36 bits per heavy atom. The van der Waals surface area contributed by atoms with Crippen LogP contribution in [0.4, 0.5) is 0 Å². The van der Waals surface area contributed by atoms with E-state index in [2.05, 4.69) is 4.98 Å². The maximum atomic E-state index is 10.8. The van der Waals surface area contributed by atoms with Gasteiger partial charge in [-0.25, -0.2) is 9.78 Å². The van der Waals surface area contributed by atoms with Gasteiger partial charge in [0.1, 0.15) is 5.03 Å². The molecule has 0 unspecified atom stereocenters. The number of hydrogen-bond donors (Lipinski definition) is 1. The number of rotatable bonds is 5. The first-order chi connectivity index (χ1) is 6.75. The van der Waals surface area contributed by atoms with Crippen molar-refractivity contribution in [3.63, 3.8) is 0 Å². The van der Waals surface area contributed by atoms with E-state index in [1.165, 1.54) is 11.8 Å². The molecule has 0 bridgehead atoms. The van der Waals surface area contributed by atoms with E-state index in [-0.39, 0.29) is 0 Å². The molecule has 0 fully saturated rings. The van der Waals surface area contributed by atoms with E-state index in [9.17, 15) is 4.79 Å². The Morgan fingerprint density at radius 3 is 3.00 bits per heavy atom. The highest BCUT2D eigenvalue weighted by Crippen LogP contribution is 2.20. The van der Waals surface area contributed by atoms with Crippen molar-refractivity contribution >= 4 is 29.5 Å². The van der Waals surface area contributed by atoms with E-state index < -0.39 is 5.97 Å². The lowest BCUT2D eigenvalue weighted by molar-refractivity contribution is 0.0692. The van der Waals surface area contributed by atoms with E-state index in [0.717, 1.165) is 11.5 Å². The summed E-state index contributed by atoms with van der Waals surface area (Å²) in [7, 11) is 0. The molecule has 5 heteroatoms. The predicted molar refractivity (Wildman–Crippen MR) is 60.3 cm³/mol. The number of aromatic carboxylic acids is 1. The molecule has 1 aromatic heterocycles. The van der Waals surface area contributed by atoms with E-state index in [1.807, 2.05) is 6.26 Å². The summed E-state index contributed by atoms with van der Waals surface area (Å²) in [6.07, 6.45) is 3.64. The third-order valence-corrected chi connectivity index (χ3v) is 3.41. The summed E-state index contributed by atoms with van der Waals surface area (Å²) in [4.78, 5) is 14.8. The Labute approximate surface area is 91.3 Å². The molecule has 1 aromatic rings. The van der Waals surface area contributed by atoms with Crippen molar-refractivity contribution < 1.29 is 9.90 Å². The molecule has 1 rings (SSSR count). The molecule has 0 spiro atoms. The highest BCUT2D eigenvalue weighted by atomic mass is 32.2. The van der Waals surface area contributed by atoms with Gasteiger partial charge in [-0.15, -0.1) is 11.8 Å². The number of carbonyl (C=O) groups is 1. The first-order valence-corrected chi connectivity index (χ1v) is 6.43. The zero-order chi connectivity index (χ0) is 10.4. The number of thioether (sulfide) groups is 2. The van der Waals surface area contributed by atoms with Crippen molar-refractivity contribution in [2.24, 2.45) is 0 Å². The topological polar surface area (TPSA) is 50.2 Å². The minimum absolute atomic E-state index is 0.290. The van der Waals surface area contributed by atoms with E-state index in [4.69, 9.17) is 5.11 Å². The van der Waals surface area contributed by atoms with Gasteiger partial charge in [0.05, 0.1) is 5.56 Å². The monoisotopic (exact) mass is 229 g/mol. The van der Waals surface area contributed by atoms with Crippen LogP contribution in [0.5, 0.6) is 0 Å². The number of aromatic nitrogens is 1. The smallest absolute Gasteiger partial charge is 0.338 e. The summed E-state index contributed by atoms with van der Waals surface area (Å²) in [5, 5.41) is 9.47. The fourth-order valence-electron chi connectivity index (χ4n) is 0.890. The van der Waals surface area contributed by atoms with Gasteiger partial charge in [0.15, 0.2) is 0 Å². The van der Waals surface area contributed by atoms with Crippen LogP contribution >= 0.6 is 23.5 Å². The zero-order valence-electron chi connectivity index (χ0n) is 7.77. The molecule has 0 saturated heterocycles. The molecular formula is C9H11NO2S2. The normalized spacial score (nSPS) is 10.1. The molecule has 0 aliphatic heterocycles. The molecule has 0 amide bonds. The number of carboxylic acids is 1. The first kappa shape index (κ1) is 11.4. The van der Waals surface area contributed by atoms with E-state index >= 15 is 0 Å². The molecule has 76 valence electrons. The zero-order valence-corrected chi connectivity index (χ0v) is 9.40. The molecule has 1 heterocycles. The molecule has 0 radical (unpaired) electrons. The average molecular weight is 229 g/mol. The average Bonchev–Trinajstić information content (AvgIpc) is 2.19. The van der Waals surface area contributed by atoms with E-state index in [0.29, 0.717) is 10.6 Å². The Balaban J connectivity index is 2.69. The summed E-state index contributed by atoms with van der Waals surface area (Å²) in [5.74, 6) is 0.975. The Morgan fingerprint density at radius 1 is 1.57 bits per heavy atom. The fraction of sp³-hybridized carbons (Fsp3) is 0.333. The number of hydrogen-bond acceptors (Lipinski definition) is 4. The fourth-order valence-corrected chi connectivity index (χ4v) is 2.53. The second-order valence-electron chi connectivity index (χ2n) is 2.50. The molecule has 0 aliphatic carbocycles. The Hall–Kier alpha value is -0.680. The third kappa shape index (κ3) is 3.23. The van der Waals surface area contributed by atoms with Gasteiger partial charge in [0.2, 0.25) is 0 Å². The lowest BCUT2D eigenvalue weighted by atomic mass is 10.3. The third-order valence-electron chi connectivity index (χ3n) is 1.53. The molecular weight excluding hydrogens is 218 g/mol.